The van der Waals surface area contributed by atoms with Crippen LogP contribution in [0.2, 0.25) is 0 Å². The number of amides is 2. The zero-order valence-electron chi connectivity index (χ0n) is 23.0. The molecule has 0 aliphatic carbocycles. The minimum atomic E-state index is -0.847. The number of para-hydroxylation sites is 1. The number of hydrogen-bond donors (Lipinski definition) is 1. The molecule has 0 heterocycles. The van der Waals surface area contributed by atoms with Crippen molar-refractivity contribution in [2.75, 3.05) is 6.61 Å². The third-order valence-corrected chi connectivity index (χ3v) is 6.62. The van der Waals surface area contributed by atoms with Gasteiger partial charge < -0.3 is 15.0 Å². The molecular weight excluding hydrogens is 479 g/mol. The highest BCUT2D eigenvalue weighted by atomic mass is 19.1. The zero-order valence-corrected chi connectivity index (χ0v) is 23.0. The molecule has 3 aromatic rings. The summed E-state index contributed by atoms with van der Waals surface area (Å²) in [5.41, 5.74) is 2.04. The maximum absolute atomic E-state index is 14.7. The summed E-state index contributed by atoms with van der Waals surface area (Å²) in [6.45, 7) is 9.82. The normalized spacial score (nSPS) is 12.9. The van der Waals surface area contributed by atoms with Gasteiger partial charge >= 0.3 is 0 Å². The van der Waals surface area contributed by atoms with Crippen molar-refractivity contribution >= 4 is 11.8 Å². The SMILES string of the molecule is CC[C@H](C)NC(=O)[C@H](Cc1ccccc1)N(Cc1ccccc1F)C(=O)COc1ccccc1C(C)(C)C. The second-order valence-corrected chi connectivity index (χ2v) is 10.7. The molecule has 5 nitrogen and oxygen atoms in total. The van der Waals surface area contributed by atoms with E-state index in [9.17, 15) is 14.0 Å². The average Bonchev–Trinajstić information content (AvgIpc) is 2.90. The van der Waals surface area contributed by atoms with Crippen LogP contribution in [-0.2, 0) is 28.0 Å². The summed E-state index contributed by atoms with van der Waals surface area (Å²) in [5, 5.41) is 3.02. The van der Waals surface area contributed by atoms with E-state index in [1.165, 1.54) is 11.0 Å². The Hall–Kier alpha value is -3.67. The van der Waals surface area contributed by atoms with Crippen molar-refractivity contribution in [1.82, 2.24) is 10.2 Å². The summed E-state index contributed by atoms with van der Waals surface area (Å²) in [5.74, 6) is -0.479. The minimum Gasteiger partial charge on any atom is -0.483 e. The lowest BCUT2D eigenvalue weighted by Gasteiger charge is -2.32. The number of rotatable bonds is 11. The third-order valence-electron chi connectivity index (χ3n) is 6.62. The molecule has 202 valence electrons. The number of carbonyl (C=O) groups excluding carboxylic acids is 2. The molecule has 1 N–H and O–H groups in total. The number of hydrogen-bond acceptors (Lipinski definition) is 3. The van der Waals surface area contributed by atoms with Crippen molar-refractivity contribution < 1.29 is 18.7 Å². The first-order chi connectivity index (χ1) is 18.1. The van der Waals surface area contributed by atoms with E-state index in [1.807, 2.05) is 68.4 Å². The van der Waals surface area contributed by atoms with Gasteiger partial charge in [0.15, 0.2) is 6.61 Å². The van der Waals surface area contributed by atoms with Crippen LogP contribution in [0.25, 0.3) is 0 Å². The molecule has 0 bridgehead atoms. The average molecular weight is 519 g/mol. The van der Waals surface area contributed by atoms with E-state index in [0.717, 1.165) is 17.5 Å². The highest BCUT2D eigenvalue weighted by molar-refractivity contribution is 5.88. The lowest BCUT2D eigenvalue weighted by Crippen LogP contribution is -2.53. The van der Waals surface area contributed by atoms with Crippen molar-refractivity contribution in [2.24, 2.45) is 0 Å². The smallest absolute Gasteiger partial charge is 0.261 e. The van der Waals surface area contributed by atoms with Gasteiger partial charge in [-0.15, -0.1) is 0 Å². The molecule has 2 amide bonds. The van der Waals surface area contributed by atoms with Crippen LogP contribution in [-0.4, -0.2) is 35.4 Å². The fourth-order valence-corrected chi connectivity index (χ4v) is 4.24. The molecule has 0 aliphatic rings. The van der Waals surface area contributed by atoms with Gasteiger partial charge in [-0.05, 0) is 42.0 Å². The maximum Gasteiger partial charge on any atom is 0.261 e. The second kappa shape index (κ2) is 13.2. The quantitative estimate of drug-likeness (QED) is 0.336. The molecule has 3 rings (SSSR count). The van der Waals surface area contributed by atoms with Crippen LogP contribution in [0.4, 0.5) is 4.39 Å². The Kier molecular flexibility index (Phi) is 10.1. The molecule has 0 aromatic heterocycles. The Bertz CT molecular complexity index is 1210. The number of ether oxygens (including phenoxy) is 1. The molecule has 0 spiro atoms. The van der Waals surface area contributed by atoms with E-state index in [0.29, 0.717) is 17.7 Å². The Balaban J connectivity index is 1.96. The van der Waals surface area contributed by atoms with Gasteiger partial charge in [-0.3, -0.25) is 9.59 Å². The second-order valence-electron chi connectivity index (χ2n) is 10.7. The maximum atomic E-state index is 14.7. The molecule has 0 fully saturated rings. The van der Waals surface area contributed by atoms with Crippen LogP contribution >= 0.6 is 0 Å². The van der Waals surface area contributed by atoms with Gasteiger partial charge in [-0.2, -0.15) is 0 Å². The summed E-state index contributed by atoms with van der Waals surface area (Å²) >= 11 is 0. The van der Waals surface area contributed by atoms with Gasteiger partial charge in [-0.25, -0.2) is 4.39 Å². The first kappa shape index (κ1) is 28.9. The Morgan fingerprint density at radius 2 is 1.58 bits per heavy atom. The van der Waals surface area contributed by atoms with Gasteiger partial charge in [0, 0.05) is 24.6 Å². The van der Waals surface area contributed by atoms with E-state index in [4.69, 9.17) is 4.74 Å². The third kappa shape index (κ3) is 7.91. The lowest BCUT2D eigenvalue weighted by atomic mass is 9.86. The van der Waals surface area contributed by atoms with Gasteiger partial charge in [0.05, 0.1) is 0 Å². The van der Waals surface area contributed by atoms with E-state index in [-0.39, 0.29) is 30.5 Å². The van der Waals surface area contributed by atoms with Crippen LogP contribution in [0.5, 0.6) is 5.75 Å². The van der Waals surface area contributed by atoms with Crippen molar-refractivity contribution in [3.8, 4) is 5.75 Å². The minimum absolute atomic E-state index is 0.0544. The molecule has 2 atom stereocenters. The molecule has 3 aromatic carbocycles. The monoisotopic (exact) mass is 518 g/mol. The number of nitrogens with zero attached hydrogens (tertiary/aromatic N) is 1. The van der Waals surface area contributed by atoms with Crippen LogP contribution in [0.3, 0.4) is 0 Å². The fourth-order valence-electron chi connectivity index (χ4n) is 4.24. The number of halogens is 1. The summed E-state index contributed by atoms with van der Waals surface area (Å²) < 4.78 is 20.8. The highest BCUT2D eigenvalue weighted by Crippen LogP contribution is 2.31. The van der Waals surface area contributed by atoms with Crippen LogP contribution in [0.15, 0.2) is 78.9 Å². The molecular formula is C32H39FN2O3. The Morgan fingerprint density at radius 1 is 0.947 bits per heavy atom. The van der Waals surface area contributed by atoms with Crippen molar-refractivity contribution in [2.45, 2.75) is 71.5 Å². The molecule has 0 unspecified atom stereocenters. The first-order valence-electron chi connectivity index (χ1n) is 13.2. The standard InChI is InChI=1S/C32H39FN2O3/c1-6-23(2)34-31(37)28(20-24-14-8-7-9-15-24)35(21-25-16-10-12-18-27(25)33)30(36)22-38-29-19-13-11-17-26(29)32(3,4)5/h7-19,23,28H,6,20-22H2,1-5H3,(H,34,37)/t23-,28-/m0/s1. The summed E-state index contributed by atoms with van der Waals surface area (Å²) in [6, 6.07) is 22.6. The van der Waals surface area contributed by atoms with Gasteiger partial charge in [0.2, 0.25) is 5.91 Å². The topological polar surface area (TPSA) is 58.6 Å². The highest BCUT2D eigenvalue weighted by Gasteiger charge is 2.32. The van der Waals surface area contributed by atoms with E-state index in [2.05, 4.69) is 26.1 Å². The summed E-state index contributed by atoms with van der Waals surface area (Å²) in [6.07, 6.45) is 1.04. The number of carbonyl (C=O) groups is 2. The van der Waals surface area contributed by atoms with E-state index >= 15 is 0 Å². The number of benzene rings is 3. The lowest BCUT2D eigenvalue weighted by molar-refractivity contribution is -0.143. The van der Waals surface area contributed by atoms with Crippen LogP contribution < -0.4 is 10.1 Å². The predicted molar refractivity (Wildman–Crippen MR) is 149 cm³/mol. The molecule has 38 heavy (non-hydrogen) atoms. The van der Waals surface area contributed by atoms with Crippen molar-refractivity contribution in [3.05, 3.63) is 101 Å². The van der Waals surface area contributed by atoms with Gasteiger partial charge in [0.25, 0.3) is 5.91 Å². The molecule has 6 heteroatoms. The summed E-state index contributed by atoms with van der Waals surface area (Å²) in [4.78, 5) is 28.8. The van der Waals surface area contributed by atoms with Crippen molar-refractivity contribution in [1.29, 1.82) is 0 Å². The molecule has 0 saturated heterocycles. The zero-order chi connectivity index (χ0) is 27.7. The van der Waals surface area contributed by atoms with E-state index < -0.39 is 17.8 Å². The molecule has 0 aliphatic heterocycles. The largest absolute Gasteiger partial charge is 0.483 e. The Morgan fingerprint density at radius 3 is 2.24 bits per heavy atom. The number of nitrogens with one attached hydrogen (secondary N) is 1. The predicted octanol–water partition coefficient (Wildman–Crippen LogP) is 6.06. The van der Waals surface area contributed by atoms with Gasteiger partial charge in [0.1, 0.15) is 17.6 Å². The Labute approximate surface area is 226 Å². The summed E-state index contributed by atoms with van der Waals surface area (Å²) in [7, 11) is 0. The first-order valence-corrected chi connectivity index (χ1v) is 13.2. The molecule has 0 radical (unpaired) electrons. The van der Waals surface area contributed by atoms with Crippen molar-refractivity contribution in [3.63, 3.8) is 0 Å². The van der Waals surface area contributed by atoms with Crippen LogP contribution in [0.1, 0.15) is 57.7 Å². The fraction of sp³-hybridized carbons (Fsp3) is 0.375. The van der Waals surface area contributed by atoms with Gasteiger partial charge in [-0.1, -0.05) is 94.4 Å². The molecule has 0 saturated carbocycles. The van der Waals surface area contributed by atoms with E-state index in [1.54, 1.807) is 18.2 Å². The van der Waals surface area contributed by atoms with Crippen LogP contribution in [0, 0.1) is 5.82 Å².